The van der Waals surface area contributed by atoms with E-state index in [2.05, 4.69) is 10.6 Å². The van der Waals surface area contributed by atoms with Crippen molar-refractivity contribution in [2.45, 2.75) is 26.3 Å². The highest BCUT2D eigenvalue weighted by molar-refractivity contribution is 5.95. The molecule has 0 fully saturated rings. The lowest BCUT2D eigenvalue weighted by Gasteiger charge is -2.08. The maximum atomic E-state index is 11.7. The van der Waals surface area contributed by atoms with Crippen molar-refractivity contribution in [1.82, 2.24) is 10.6 Å². The number of esters is 1. The van der Waals surface area contributed by atoms with E-state index in [4.69, 9.17) is 9.47 Å². The fraction of sp³-hybridized carbons (Fsp3) is 0.273. The number of hydrogen-bond acceptors (Lipinski definition) is 6. The third-order valence-corrected chi connectivity index (χ3v) is 3.97. The average molecular weight is 412 g/mol. The van der Waals surface area contributed by atoms with Crippen LogP contribution in [0.5, 0.6) is 5.75 Å². The third kappa shape index (κ3) is 8.55. The van der Waals surface area contributed by atoms with Crippen LogP contribution in [0.15, 0.2) is 54.6 Å². The molecule has 0 aromatic heterocycles. The van der Waals surface area contributed by atoms with Crippen LogP contribution in [0.3, 0.4) is 0 Å². The van der Waals surface area contributed by atoms with Gasteiger partial charge in [-0.15, -0.1) is 0 Å². The highest BCUT2D eigenvalue weighted by Crippen LogP contribution is 2.13. The molecule has 0 saturated carbocycles. The van der Waals surface area contributed by atoms with Crippen LogP contribution in [0.4, 0.5) is 4.79 Å². The molecular formula is C22H24N2O6. The van der Waals surface area contributed by atoms with Crippen LogP contribution in [-0.4, -0.2) is 36.9 Å². The molecule has 2 rings (SSSR count). The highest BCUT2D eigenvalue weighted by atomic mass is 16.5. The second-order valence-corrected chi connectivity index (χ2v) is 6.41. The Balaban J connectivity index is 1.55. The minimum absolute atomic E-state index is 0.0259. The quantitative estimate of drug-likeness (QED) is 0.353. The number of rotatable bonds is 10. The van der Waals surface area contributed by atoms with E-state index in [1.165, 1.54) is 6.92 Å². The van der Waals surface area contributed by atoms with Crippen molar-refractivity contribution in [3.05, 3.63) is 65.7 Å². The molecule has 0 spiro atoms. The largest absolute Gasteiger partial charge is 0.494 e. The summed E-state index contributed by atoms with van der Waals surface area (Å²) in [5.74, 6) is -0.711. The normalized spacial score (nSPS) is 10.0. The summed E-state index contributed by atoms with van der Waals surface area (Å²) in [5.41, 5.74) is 1.49. The van der Waals surface area contributed by atoms with Gasteiger partial charge in [-0.2, -0.15) is 0 Å². The van der Waals surface area contributed by atoms with Crippen molar-refractivity contribution >= 4 is 23.7 Å². The molecule has 2 aromatic carbocycles. The smallest absolute Gasteiger partial charge is 0.321 e. The summed E-state index contributed by atoms with van der Waals surface area (Å²) in [6.07, 6.45) is 0.464. The van der Waals surface area contributed by atoms with Gasteiger partial charge >= 0.3 is 12.0 Å². The van der Waals surface area contributed by atoms with Crippen molar-refractivity contribution in [3.63, 3.8) is 0 Å². The minimum atomic E-state index is -0.712. The van der Waals surface area contributed by atoms with Crippen LogP contribution in [0.25, 0.3) is 0 Å². The van der Waals surface area contributed by atoms with Crippen LogP contribution in [0, 0.1) is 0 Å². The molecule has 2 N–H and O–H groups in total. The standard InChI is InChI=1S/C22H24N2O6/c1-16(25)18-9-11-19(12-10-18)29-13-5-8-21(27)30-15-20(26)24-22(28)23-14-17-6-3-2-4-7-17/h2-4,6-7,9-12H,5,8,13-15H2,1H3,(H2,23,24,26,28). The molecule has 158 valence electrons. The minimum Gasteiger partial charge on any atom is -0.494 e. The fourth-order valence-electron chi connectivity index (χ4n) is 2.40. The van der Waals surface area contributed by atoms with Gasteiger partial charge in [0.25, 0.3) is 5.91 Å². The Hall–Kier alpha value is -3.68. The lowest BCUT2D eigenvalue weighted by molar-refractivity contribution is -0.148. The fourth-order valence-corrected chi connectivity index (χ4v) is 2.40. The Labute approximate surface area is 174 Å². The van der Waals surface area contributed by atoms with E-state index in [0.29, 0.717) is 17.7 Å². The van der Waals surface area contributed by atoms with Crippen molar-refractivity contribution in [2.24, 2.45) is 0 Å². The highest BCUT2D eigenvalue weighted by Gasteiger charge is 2.11. The van der Waals surface area contributed by atoms with Gasteiger partial charge in [0.15, 0.2) is 12.4 Å². The first-order valence-corrected chi connectivity index (χ1v) is 9.45. The number of carbonyl (C=O) groups is 4. The molecule has 8 nitrogen and oxygen atoms in total. The molecule has 0 atom stereocenters. The second kappa shape index (κ2) is 12.0. The van der Waals surface area contributed by atoms with Gasteiger partial charge in [-0.1, -0.05) is 30.3 Å². The SMILES string of the molecule is CC(=O)c1ccc(OCCCC(=O)OCC(=O)NC(=O)NCc2ccccc2)cc1. The summed E-state index contributed by atoms with van der Waals surface area (Å²) < 4.78 is 10.3. The third-order valence-electron chi connectivity index (χ3n) is 3.97. The van der Waals surface area contributed by atoms with Crippen LogP contribution in [0.1, 0.15) is 35.7 Å². The second-order valence-electron chi connectivity index (χ2n) is 6.41. The van der Waals surface area contributed by atoms with Crippen molar-refractivity contribution in [1.29, 1.82) is 0 Å². The van der Waals surface area contributed by atoms with Gasteiger partial charge in [-0.05, 0) is 43.2 Å². The Morgan fingerprint density at radius 2 is 1.63 bits per heavy atom. The van der Waals surface area contributed by atoms with Crippen LogP contribution >= 0.6 is 0 Å². The Morgan fingerprint density at radius 3 is 2.30 bits per heavy atom. The van der Waals surface area contributed by atoms with Gasteiger partial charge in [-0.3, -0.25) is 19.7 Å². The predicted octanol–water partition coefficient (Wildman–Crippen LogP) is 2.62. The molecule has 8 heteroatoms. The van der Waals surface area contributed by atoms with Gasteiger partial charge in [0.05, 0.1) is 6.61 Å². The van der Waals surface area contributed by atoms with Crippen molar-refractivity contribution < 1.29 is 28.7 Å². The summed E-state index contributed by atoms with van der Waals surface area (Å²) in [6, 6.07) is 15.3. The van der Waals surface area contributed by atoms with Crippen molar-refractivity contribution in [2.75, 3.05) is 13.2 Å². The molecule has 0 radical (unpaired) electrons. The van der Waals surface area contributed by atoms with Crippen molar-refractivity contribution in [3.8, 4) is 5.75 Å². The molecule has 30 heavy (non-hydrogen) atoms. The number of amides is 3. The number of hydrogen-bond donors (Lipinski definition) is 2. The summed E-state index contributed by atoms with van der Waals surface area (Å²) >= 11 is 0. The van der Waals surface area contributed by atoms with Crippen LogP contribution < -0.4 is 15.4 Å². The molecular weight excluding hydrogens is 388 g/mol. The zero-order chi connectivity index (χ0) is 21.8. The number of nitrogens with one attached hydrogen (secondary N) is 2. The molecule has 0 saturated heterocycles. The molecule has 2 aromatic rings. The van der Waals surface area contributed by atoms with Crippen LogP contribution in [0.2, 0.25) is 0 Å². The average Bonchev–Trinajstić information content (AvgIpc) is 2.75. The number of Topliss-reactive ketones (excluding diaryl/α,β-unsaturated/α-hetero) is 1. The number of ether oxygens (including phenoxy) is 2. The molecule has 0 heterocycles. The topological polar surface area (TPSA) is 111 Å². The number of benzene rings is 2. The summed E-state index contributed by atoms with van der Waals surface area (Å²) in [5, 5.41) is 4.63. The summed E-state index contributed by atoms with van der Waals surface area (Å²) in [7, 11) is 0. The van der Waals surface area contributed by atoms with Crippen LogP contribution in [-0.2, 0) is 20.9 Å². The molecule has 0 bridgehead atoms. The van der Waals surface area contributed by atoms with E-state index in [1.807, 2.05) is 30.3 Å². The maximum absolute atomic E-state index is 11.7. The predicted molar refractivity (Wildman–Crippen MR) is 109 cm³/mol. The first-order valence-electron chi connectivity index (χ1n) is 9.45. The Kier molecular flexibility index (Phi) is 9.05. The van der Waals surface area contributed by atoms with Gasteiger partial charge in [0.1, 0.15) is 5.75 Å². The summed E-state index contributed by atoms with van der Waals surface area (Å²) in [6.45, 7) is 1.50. The zero-order valence-electron chi connectivity index (χ0n) is 16.7. The van der Waals surface area contributed by atoms with Gasteiger partial charge in [0, 0.05) is 18.5 Å². The number of ketones is 1. The molecule has 3 amide bonds. The van der Waals surface area contributed by atoms with E-state index in [1.54, 1.807) is 24.3 Å². The lowest BCUT2D eigenvalue weighted by atomic mass is 10.1. The maximum Gasteiger partial charge on any atom is 0.321 e. The number of urea groups is 1. The Bertz CT molecular complexity index is 865. The molecule has 0 aliphatic heterocycles. The lowest BCUT2D eigenvalue weighted by Crippen LogP contribution is -2.41. The van der Waals surface area contributed by atoms with E-state index < -0.39 is 24.5 Å². The van der Waals surface area contributed by atoms with Gasteiger partial charge in [-0.25, -0.2) is 4.79 Å². The number of imide groups is 1. The van der Waals surface area contributed by atoms with E-state index in [9.17, 15) is 19.2 Å². The Morgan fingerprint density at radius 1 is 0.933 bits per heavy atom. The summed E-state index contributed by atoms with van der Waals surface area (Å²) in [4.78, 5) is 46.2. The van der Waals surface area contributed by atoms with E-state index in [-0.39, 0.29) is 25.4 Å². The molecule has 0 aliphatic carbocycles. The molecule has 0 aliphatic rings. The first-order chi connectivity index (χ1) is 14.4. The molecule has 0 unspecified atom stereocenters. The first kappa shape index (κ1) is 22.6. The number of carbonyl (C=O) groups excluding carboxylic acids is 4. The zero-order valence-corrected chi connectivity index (χ0v) is 16.7. The van der Waals surface area contributed by atoms with E-state index >= 15 is 0 Å². The van der Waals surface area contributed by atoms with Gasteiger partial charge < -0.3 is 14.8 Å². The monoisotopic (exact) mass is 412 g/mol. The van der Waals surface area contributed by atoms with E-state index in [0.717, 1.165) is 5.56 Å². The van der Waals surface area contributed by atoms with Gasteiger partial charge in [0.2, 0.25) is 0 Å².